The van der Waals surface area contributed by atoms with E-state index in [9.17, 15) is 4.39 Å². The molecule has 5 heteroatoms. The summed E-state index contributed by atoms with van der Waals surface area (Å²) < 4.78 is 12.9. The molecule has 1 aromatic heterocycles. The summed E-state index contributed by atoms with van der Waals surface area (Å²) in [6.07, 6.45) is 0. The van der Waals surface area contributed by atoms with Gasteiger partial charge >= 0.3 is 0 Å². The Morgan fingerprint density at radius 3 is 2.87 bits per heavy atom. The Kier molecular flexibility index (Phi) is 2.68. The number of aromatic nitrogens is 3. The summed E-state index contributed by atoms with van der Waals surface area (Å²) in [5.41, 5.74) is 1.61. The molecule has 2 rings (SSSR count). The maximum Gasteiger partial charge on any atom is 0.181 e. The average Bonchev–Trinajstić information content (AvgIpc) is 2.66. The number of nitrogens with one attached hydrogen (secondary N) is 1. The predicted octanol–water partition coefficient (Wildman–Crippen LogP) is 2.66. The monoisotopic (exact) mass is 225 g/mol. The van der Waals surface area contributed by atoms with E-state index in [0.29, 0.717) is 11.6 Å². The van der Waals surface area contributed by atoms with E-state index in [2.05, 4.69) is 15.2 Å². The van der Waals surface area contributed by atoms with Crippen LogP contribution < -0.4 is 0 Å². The molecule has 0 bridgehead atoms. The molecule has 1 heterocycles. The Hall–Kier alpha value is -1.42. The zero-order chi connectivity index (χ0) is 10.8. The lowest BCUT2D eigenvalue weighted by Gasteiger charge is -2.00. The van der Waals surface area contributed by atoms with Gasteiger partial charge in [-0.1, -0.05) is 0 Å². The molecule has 0 spiro atoms. The van der Waals surface area contributed by atoms with Crippen LogP contribution in [0.2, 0.25) is 0 Å². The van der Waals surface area contributed by atoms with Crippen LogP contribution in [0.5, 0.6) is 0 Å². The highest BCUT2D eigenvalue weighted by molar-refractivity contribution is 6.16. The molecule has 0 aliphatic heterocycles. The summed E-state index contributed by atoms with van der Waals surface area (Å²) in [6, 6.07) is 4.50. The first-order valence-corrected chi connectivity index (χ1v) is 4.98. The van der Waals surface area contributed by atoms with Gasteiger partial charge in [0, 0.05) is 5.56 Å². The van der Waals surface area contributed by atoms with Crippen LogP contribution in [0.25, 0.3) is 11.4 Å². The molecule has 0 aliphatic rings. The molecule has 3 nitrogen and oxygen atoms in total. The Morgan fingerprint density at radius 1 is 1.47 bits per heavy atom. The van der Waals surface area contributed by atoms with E-state index in [4.69, 9.17) is 11.6 Å². The predicted molar refractivity (Wildman–Crippen MR) is 56.1 cm³/mol. The molecular formula is C10H9ClFN3. The first-order chi connectivity index (χ1) is 7.20. The number of aryl methyl sites for hydroxylation is 1. The van der Waals surface area contributed by atoms with E-state index in [0.717, 1.165) is 11.1 Å². The quantitative estimate of drug-likeness (QED) is 0.799. The van der Waals surface area contributed by atoms with Crippen molar-refractivity contribution in [1.29, 1.82) is 0 Å². The SMILES string of the molecule is Cc1cc(F)ccc1-c1n[nH]c(CCl)n1. The molecule has 0 atom stereocenters. The summed E-state index contributed by atoms with van der Waals surface area (Å²) in [4.78, 5) is 4.17. The molecule has 0 fully saturated rings. The number of rotatable bonds is 2. The molecule has 0 unspecified atom stereocenters. The second kappa shape index (κ2) is 3.98. The summed E-state index contributed by atoms with van der Waals surface area (Å²) in [5.74, 6) is 1.18. The first kappa shape index (κ1) is 10.1. The summed E-state index contributed by atoms with van der Waals surface area (Å²) >= 11 is 5.60. The standard InChI is InChI=1S/C10H9ClFN3/c1-6-4-7(12)2-3-8(6)10-13-9(5-11)14-15-10/h2-4H,5H2,1H3,(H,13,14,15). The Balaban J connectivity index is 2.44. The molecule has 0 aliphatic carbocycles. The van der Waals surface area contributed by atoms with Crippen LogP contribution in [-0.2, 0) is 5.88 Å². The van der Waals surface area contributed by atoms with E-state index < -0.39 is 0 Å². The van der Waals surface area contributed by atoms with Gasteiger partial charge in [0.15, 0.2) is 5.82 Å². The van der Waals surface area contributed by atoms with Crippen LogP contribution >= 0.6 is 11.6 Å². The minimum absolute atomic E-state index is 0.260. The molecule has 0 amide bonds. The lowest BCUT2D eigenvalue weighted by molar-refractivity contribution is 0.627. The van der Waals surface area contributed by atoms with Gasteiger partial charge in [0.2, 0.25) is 0 Å². The molecule has 0 saturated carbocycles. The van der Waals surface area contributed by atoms with Gasteiger partial charge in [0.05, 0.1) is 5.88 Å². The minimum Gasteiger partial charge on any atom is -0.262 e. The Morgan fingerprint density at radius 2 is 2.27 bits per heavy atom. The van der Waals surface area contributed by atoms with Gasteiger partial charge in [0.25, 0.3) is 0 Å². The van der Waals surface area contributed by atoms with Crippen LogP contribution in [-0.4, -0.2) is 15.2 Å². The van der Waals surface area contributed by atoms with E-state index in [1.54, 1.807) is 6.07 Å². The highest BCUT2D eigenvalue weighted by Crippen LogP contribution is 2.20. The van der Waals surface area contributed by atoms with Gasteiger partial charge in [-0.05, 0) is 30.7 Å². The number of hydrogen-bond acceptors (Lipinski definition) is 2. The first-order valence-electron chi connectivity index (χ1n) is 4.44. The molecular weight excluding hydrogens is 217 g/mol. The normalized spacial score (nSPS) is 10.6. The van der Waals surface area contributed by atoms with Crippen molar-refractivity contribution in [3.63, 3.8) is 0 Å². The van der Waals surface area contributed by atoms with Crippen LogP contribution in [0.3, 0.4) is 0 Å². The van der Waals surface area contributed by atoms with Gasteiger partial charge in [-0.15, -0.1) is 11.6 Å². The third-order valence-electron chi connectivity index (χ3n) is 2.09. The summed E-state index contributed by atoms with van der Waals surface area (Å²) in [7, 11) is 0. The molecule has 1 aromatic carbocycles. The maximum atomic E-state index is 12.9. The fourth-order valence-corrected chi connectivity index (χ4v) is 1.47. The molecule has 0 radical (unpaired) electrons. The van der Waals surface area contributed by atoms with Gasteiger partial charge in [-0.25, -0.2) is 9.37 Å². The zero-order valence-corrected chi connectivity index (χ0v) is 8.85. The number of halogens is 2. The molecule has 78 valence electrons. The lowest BCUT2D eigenvalue weighted by Crippen LogP contribution is -1.87. The highest BCUT2D eigenvalue weighted by Gasteiger charge is 2.08. The van der Waals surface area contributed by atoms with Crippen molar-refractivity contribution in [2.24, 2.45) is 0 Å². The number of H-pyrrole nitrogens is 1. The van der Waals surface area contributed by atoms with Crippen molar-refractivity contribution in [2.75, 3.05) is 0 Å². The largest absolute Gasteiger partial charge is 0.262 e. The molecule has 1 N–H and O–H groups in total. The third kappa shape index (κ3) is 1.99. The fraction of sp³-hybridized carbons (Fsp3) is 0.200. The number of aromatic amines is 1. The maximum absolute atomic E-state index is 12.9. The Labute approximate surface area is 91.3 Å². The minimum atomic E-state index is -0.260. The number of benzene rings is 1. The second-order valence-corrected chi connectivity index (χ2v) is 3.47. The van der Waals surface area contributed by atoms with Crippen LogP contribution in [0, 0.1) is 12.7 Å². The van der Waals surface area contributed by atoms with Gasteiger partial charge < -0.3 is 0 Å². The van der Waals surface area contributed by atoms with E-state index >= 15 is 0 Å². The van der Waals surface area contributed by atoms with Crippen molar-refractivity contribution >= 4 is 11.6 Å². The number of alkyl halides is 1. The molecule has 2 aromatic rings. The fourth-order valence-electron chi connectivity index (χ4n) is 1.35. The Bertz CT molecular complexity index is 481. The second-order valence-electron chi connectivity index (χ2n) is 3.20. The number of nitrogens with zero attached hydrogens (tertiary/aromatic N) is 2. The van der Waals surface area contributed by atoms with Crippen molar-refractivity contribution in [1.82, 2.24) is 15.2 Å². The van der Waals surface area contributed by atoms with Crippen LogP contribution in [0.15, 0.2) is 18.2 Å². The lowest BCUT2D eigenvalue weighted by atomic mass is 10.1. The van der Waals surface area contributed by atoms with E-state index in [1.165, 1.54) is 12.1 Å². The van der Waals surface area contributed by atoms with Gasteiger partial charge in [0.1, 0.15) is 11.6 Å². The average molecular weight is 226 g/mol. The smallest absolute Gasteiger partial charge is 0.181 e. The third-order valence-corrected chi connectivity index (χ3v) is 2.34. The topological polar surface area (TPSA) is 41.6 Å². The van der Waals surface area contributed by atoms with Crippen molar-refractivity contribution in [3.05, 3.63) is 35.4 Å². The van der Waals surface area contributed by atoms with E-state index in [-0.39, 0.29) is 11.7 Å². The zero-order valence-electron chi connectivity index (χ0n) is 8.09. The molecule has 0 saturated heterocycles. The molecule has 15 heavy (non-hydrogen) atoms. The van der Waals surface area contributed by atoms with Crippen molar-refractivity contribution < 1.29 is 4.39 Å². The van der Waals surface area contributed by atoms with Gasteiger partial charge in [-0.3, -0.25) is 5.10 Å². The van der Waals surface area contributed by atoms with Gasteiger partial charge in [-0.2, -0.15) is 5.10 Å². The highest BCUT2D eigenvalue weighted by atomic mass is 35.5. The van der Waals surface area contributed by atoms with Crippen LogP contribution in [0.4, 0.5) is 4.39 Å². The van der Waals surface area contributed by atoms with Crippen molar-refractivity contribution in [2.45, 2.75) is 12.8 Å². The summed E-state index contributed by atoms with van der Waals surface area (Å²) in [5, 5.41) is 6.71. The number of hydrogen-bond donors (Lipinski definition) is 1. The summed E-state index contributed by atoms with van der Waals surface area (Å²) in [6.45, 7) is 1.81. The van der Waals surface area contributed by atoms with E-state index in [1.807, 2.05) is 6.92 Å². The van der Waals surface area contributed by atoms with Crippen LogP contribution in [0.1, 0.15) is 11.4 Å². The van der Waals surface area contributed by atoms with Crippen molar-refractivity contribution in [3.8, 4) is 11.4 Å².